The van der Waals surface area contributed by atoms with Crippen molar-refractivity contribution in [1.82, 2.24) is 19.9 Å². The van der Waals surface area contributed by atoms with E-state index in [4.69, 9.17) is 0 Å². The van der Waals surface area contributed by atoms with Gasteiger partial charge in [-0.25, -0.2) is 14.8 Å². The molecule has 0 spiro atoms. The van der Waals surface area contributed by atoms with E-state index in [-0.39, 0.29) is 5.88 Å². The summed E-state index contributed by atoms with van der Waals surface area (Å²) in [5, 5.41) is 5.19. The largest absolute Gasteiger partial charge is 0.468 e. The predicted molar refractivity (Wildman–Crippen MR) is 79.7 cm³/mol. The van der Waals surface area contributed by atoms with Crippen LogP contribution in [0.4, 0.5) is 23.7 Å². The van der Waals surface area contributed by atoms with E-state index in [1.807, 2.05) is 10.8 Å². The van der Waals surface area contributed by atoms with Crippen LogP contribution in [0.2, 0.25) is 0 Å². The first-order chi connectivity index (χ1) is 11.4. The van der Waals surface area contributed by atoms with Crippen molar-refractivity contribution in [1.29, 1.82) is 0 Å². The van der Waals surface area contributed by atoms with Gasteiger partial charge in [-0.15, -0.1) is 0 Å². The van der Waals surface area contributed by atoms with Gasteiger partial charge in [-0.05, 0) is 12.5 Å². The standard InChI is InChI=1S/C14H16F3N5O2/c15-14(16,17)9-24-12-3-2-11(8-20-12)21-13(23)19-4-1-6-22-7-5-18-10-22/h2-3,5,7-8,10H,1,4,6,9H2,(H2,19,21,23). The molecule has 24 heavy (non-hydrogen) atoms. The average molecular weight is 343 g/mol. The number of halogens is 3. The number of ether oxygens (including phenoxy) is 1. The molecule has 0 unspecified atom stereocenters. The molecule has 0 aliphatic heterocycles. The summed E-state index contributed by atoms with van der Waals surface area (Å²) >= 11 is 0. The Bertz CT molecular complexity index is 629. The lowest BCUT2D eigenvalue weighted by Gasteiger charge is -2.10. The molecular formula is C14H16F3N5O2. The molecule has 2 N–H and O–H groups in total. The lowest BCUT2D eigenvalue weighted by Crippen LogP contribution is -2.30. The Hall–Kier alpha value is -2.78. The van der Waals surface area contributed by atoms with Gasteiger partial charge in [0.15, 0.2) is 6.61 Å². The molecule has 2 aromatic rings. The van der Waals surface area contributed by atoms with Gasteiger partial charge in [-0.3, -0.25) is 0 Å². The Morgan fingerprint density at radius 3 is 2.79 bits per heavy atom. The maximum Gasteiger partial charge on any atom is 0.422 e. The van der Waals surface area contributed by atoms with Crippen molar-refractivity contribution in [3.05, 3.63) is 37.1 Å². The van der Waals surface area contributed by atoms with Gasteiger partial charge in [0.2, 0.25) is 5.88 Å². The Morgan fingerprint density at radius 1 is 1.33 bits per heavy atom. The molecule has 0 atom stereocenters. The second-order valence-corrected chi connectivity index (χ2v) is 4.82. The number of hydrogen-bond donors (Lipinski definition) is 2. The molecule has 0 aliphatic carbocycles. The number of carbonyl (C=O) groups is 1. The summed E-state index contributed by atoms with van der Waals surface area (Å²) in [6.07, 6.45) is 2.72. The highest BCUT2D eigenvalue weighted by molar-refractivity contribution is 5.88. The fourth-order valence-corrected chi connectivity index (χ4v) is 1.75. The molecule has 2 amide bonds. The first kappa shape index (κ1) is 17.6. The molecule has 7 nitrogen and oxygen atoms in total. The van der Waals surface area contributed by atoms with Crippen LogP contribution in [-0.4, -0.2) is 39.9 Å². The molecule has 2 aromatic heterocycles. The van der Waals surface area contributed by atoms with E-state index in [2.05, 4.69) is 25.3 Å². The number of nitrogens with zero attached hydrogens (tertiary/aromatic N) is 3. The lowest BCUT2D eigenvalue weighted by molar-refractivity contribution is -0.154. The van der Waals surface area contributed by atoms with Crippen molar-refractivity contribution >= 4 is 11.7 Å². The number of urea groups is 1. The second kappa shape index (κ2) is 8.18. The number of aryl methyl sites for hydroxylation is 1. The third kappa shape index (κ3) is 6.55. The van der Waals surface area contributed by atoms with Crippen molar-refractivity contribution < 1.29 is 22.7 Å². The maximum atomic E-state index is 12.0. The van der Waals surface area contributed by atoms with Gasteiger partial charge in [-0.2, -0.15) is 13.2 Å². The van der Waals surface area contributed by atoms with E-state index >= 15 is 0 Å². The average Bonchev–Trinajstić information content (AvgIpc) is 3.03. The van der Waals surface area contributed by atoms with Crippen LogP contribution < -0.4 is 15.4 Å². The minimum Gasteiger partial charge on any atom is -0.468 e. The molecule has 0 fully saturated rings. The quantitative estimate of drug-likeness (QED) is 0.757. The Morgan fingerprint density at radius 2 is 2.17 bits per heavy atom. The summed E-state index contributed by atoms with van der Waals surface area (Å²) in [5.74, 6) is -0.168. The molecule has 130 valence electrons. The number of rotatable bonds is 7. The molecule has 0 bridgehead atoms. The topological polar surface area (TPSA) is 81.1 Å². The van der Waals surface area contributed by atoms with Crippen LogP contribution in [0.15, 0.2) is 37.1 Å². The van der Waals surface area contributed by atoms with Gasteiger partial charge in [0.25, 0.3) is 0 Å². The first-order valence-electron chi connectivity index (χ1n) is 7.08. The van der Waals surface area contributed by atoms with Crippen LogP contribution in [0.3, 0.4) is 0 Å². The zero-order chi connectivity index (χ0) is 17.4. The summed E-state index contributed by atoms with van der Waals surface area (Å²) in [5.41, 5.74) is 0.349. The fraction of sp³-hybridized carbons (Fsp3) is 0.357. The van der Waals surface area contributed by atoms with Crippen molar-refractivity contribution in [2.24, 2.45) is 0 Å². The highest BCUT2D eigenvalue weighted by Gasteiger charge is 2.28. The Kier molecular flexibility index (Phi) is 5.99. The highest BCUT2D eigenvalue weighted by Crippen LogP contribution is 2.17. The monoisotopic (exact) mass is 343 g/mol. The zero-order valence-corrected chi connectivity index (χ0v) is 12.6. The minimum atomic E-state index is -4.42. The van der Waals surface area contributed by atoms with Gasteiger partial charge in [0.05, 0.1) is 18.2 Å². The molecule has 2 heterocycles. The SMILES string of the molecule is O=C(NCCCn1ccnc1)Nc1ccc(OCC(F)(F)F)nc1. The molecule has 0 aliphatic rings. The zero-order valence-electron chi connectivity index (χ0n) is 12.6. The third-order valence-corrected chi connectivity index (χ3v) is 2.82. The molecule has 10 heteroatoms. The van der Waals surface area contributed by atoms with Crippen LogP contribution in [-0.2, 0) is 6.54 Å². The van der Waals surface area contributed by atoms with Gasteiger partial charge in [0, 0.05) is 31.5 Å². The van der Waals surface area contributed by atoms with Crippen LogP contribution >= 0.6 is 0 Å². The van der Waals surface area contributed by atoms with Crippen LogP contribution in [0.1, 0.15) is 6.42 Å². The van der Waals surface area contributed by atoms with E-state index in [9.17, 15) is 18.0 Å². The smallest absolute Gasteiger partial charge is 0.422 e. The van der Waals surface area contributed by atoms with Crippen molar-refractivity contribution in [3.8, 4) is 5.88 Å². The van der Waals surface area contributed by atoms with E-state index in [1.165, 1.54) is 18.3 Å². The maximum absolute atomic E-state index is 12.0. The molecular weight excluding hydrogens is 327 g/mol. The predicted octanol–water partition coefficient (Wildman–Crippen LogP) is 2.43. The van der Waals surface area contributed by atoms with Crippen LogP contribution in [0.5, 0.6) is 5.88 Å². The summed E-state index contributed by atoms with van der Waals surface area (Å²) in [7, 11) is 0. The number of alkyl halides is 3. The molecule has 0 saturated heterocycles. The number of nitrogens with one attached hydrogen (secondary N) is 2. The summed E-state index contributed by atoms with van der Waals surface area (Å²) in [6.45, 7) is -0.221. The number of imidazole rings is 1. The van der Waals surface area contributed by atoms with Gasteiger partial charge < -0.3 is 19.9 Å². The van der Waals surface area contributed by atoms with Gasteiger partial charge in [0.1, 0.15) is 0 Å². The van der Waals surface area contributed by atoms with Gasteiger partial charge >= 0.3 is 12.2 Å². The molecule has 0 radical (unpaired) electrons. The molecule has 0 saturated carbocycles. The highest BCUT2D eigenvalue weighted by atomic mass is 19.4. The van der Waals surface area contributed by atoms with Crippen molar-refractivity contribution in [3.63, 3.8) is 0 Å². The van der Waals surface area contributed by atoms with Gasteiger partial charge in [-0.1, -0.05) is 0 Å². The number of anilines is 1. The number of aromatic nitrogens is 3. The first-order valence-corrected chi connectivity index (χ1v) is 7.08. The summed E-state index contributed by atoms with van der Waals surface area (Å²) < 4.78 is 42.4. The van der Waals surface area contributed by atoms with Crippen molar-refractivity contribution in [2.45, 2.75) is 19.1 Å². The number of amides is 2. The normalized spacial score (nSPS) is 11.1. The van der Waals surface area contributed by atoms with Crippen LogP contribution in [0.25, 0.3) is 0 Å². The Balaban J connectivity index is 1.67. The third-order valence-electron chi connectivity index (χ3n) is 2.82. The Labute approximate surface area is 135 Å². The number of hydrogen-bond acceptors (Lipinski definition) is 4. The molecule has 2 rings (SSSR count). The fourth-order valence-electron chi connectivity index (χ4n) is 1.75. The lowest BCUT2D eigenvalue weighted by atomic mass is 10.4. The molecule has 0 aromatic carbocycles. The number of carbonyl (C=O) groups excluding carboxylic acids is 1. The number of pyridine rings is 1. The van der Waals surface area contributed by atoms with Crippen LogP contribution in [0, 0.1) is 0 Å². The second-order valence-electron chi connectivity index (χ2n) is 4.82. The van der Waals surface area contributed by atoms with E-state index < -0.39 is 18.8 Å². The van der Waals surface area contributed by atoms with E-state index in [1.54, 1.807) is 12.5 Å². The minimum absolute atomic E-state index is 0.168. The summed E-state index contributed by atoms with van der Waals surface area (Å²) in [4.78, 5) is 19.3. The van der Waals surface area contributed by atoms with E-state index in [0.29, 0.717) is 12.2 Å². The van der Waals surface area contributed by atoms with E-state index in [0.717, 1.165) is 13.0 Å². The summed E-state index contributed by atoms with van der Waals surface area (Å²) in [6, 6.07) is 2.23. The van der Waals surface area contributed by atoms with Crippen molar-refractivity contribution in [2.75, 3.05) is 18.5 Å².